The molecular weight excluding hydrogens is 391 g/mol. The second-order valence-electron chi connectivity index (χ2n) is 7.26. The Kier molecular flexibility index (Phi) is 7.88. The first-order valence-corrected chi connectivity index (χ1v) is 11.2. The van der Waals surface area contributed by atoms with Crippen molar-refractivity contribution >= 4 is 19.1 Å². The summed E-state index contributed by atoms with van der Waals surface area (Å²) < 4.78 is 12.4. The zero-order valence-corrected chi connectivity index (χ0v) is 17.2. The molecule has 0 spiro atoms. The van der Waals surface area contributed by atoms with Crippen LogP contribution < -0.4 is 11.5 Å². The van der Waals surface area contributed by atoms with E-state index in [9.17, 15) is 19.0 Å². The number of Topliss-reactive ketones (excluding diaryl/α,β-unsaturated/α-hetero) is 1. The van der Waals surface area contributed by atoms with Gasteiger partial charge in [-0.2, -0.15) is 0 Å². The summed E-state index contributed by atoms with van der Waals surface area (Å²) in [4.78, 5) is 33.8. The number of ketones is 1. The maximum absolute atomic E-state index is 12.6. The highest BCUT2D eigenvalue weighted by Gasteiger charge is 2.33. The number of aliphatic carboxylic acids is 1. The van der Waals surface area contributed by atoms with Gasteiger partial charge in [0, 0.05) is 18.5 Å². The number of carbonyl (C=O) groups is 2. The molecule has 2 aromatic carbocycles. The van der Waals surface area contributed by atoms with E-state index in [1.807, 2.05) is 54.6 Å². The molecule has 0 saturated carbocycles. The maximum Gasteiger partial charge on any atom is 0.320 e. The van der Waals surface area contributed by atoms with E-state index in [4.69, 9.17) is 16.6 Å². The maximum atomic E-state index is 12.6. The van der Waals surface area contributed by atoms with Crippen molar-refractivity contribution in [2.75, 3.05) is 6.16 Å². The van der Waals surface area contributed by atoms with Crippen LogP contribution in [0.5, 0.6) is 0 Å². The molecule has 8 heteroatoms. The highest BCUT2D eigenvalue weighted by atomic mass is 31.2. The fourth-order valence-corrected chi connectivity index (χ4v) is 4.28. The number of benzene rings is 2. The molecule has 0 heterocycles. The van der Waals surface area contributed by atoms with Gasteiger partial charge in [-0.3, -0.25) is 14.2 Å². The van der Waals surface area contributed by atoms with Crippen LogP contribution in [0.25, 0.3) is 11.1 Å². The first-order chi connectivity index (χ1) is 13.6. The molecule has 29 heavy (non-hydrogen) atoms. The van der Waals surface area contributed by atoms with E-state index in [2.05, 4.69) is 0 Å². The molecule has 0 aliphatic heterocycles. The largest absolute Gasteiger partial charge is 0.480 e. The SMILES string of the molecule is C[C@H](N)P(=O)(O)C[C@@H](Cc1ccc(-c2ccccc2)cc1)C(=O)C[C@H](N)C(=O)O. The van der Waals surface area contributed by atoms with Gasteiger partial charge < -0.3 is 21.5 Å². The minimum atomic E-state index is -3.77. The van der Waals surface area contributed by atoms with Crippen LogP contribution in [0.15, 0.2) is 54.6 Å². The Balaban J connectivity index is 2.21. The van der Waals surface area contributed by atoms with Gasteiger partial charge in [0.25, 0.3) is 0 Å². The summed E-state index contributed by atoms with van der Waals surface area (Å²) >= 11 is 0. The van der Waals surface area contributed by atoms with Crippen LogP contribution in [-0.4, -0.2) is 39.7 Å². The van der Waals surface area contributed by atoms with Crippen LogP contribution in [0.1, 0.15) is 18.9 Å². The Labute approximate surface area is 170 Å². The molecule has 0 fully saturated rings. The predicted octanol–water partition coefficient (Wildman–Crippen LogP) is 2.46. The van der Waals surface area contributed by atoms with E-state index < -0.39 is 43.3 Å². The number of carboxylic acid groups (broad SMARTS) is 1. The van der Waals surface area contributed by atoms with Crippen LogP contribution in [0.3, 0.4) is 0 Å². The topological polar surface area (TPSA) is 144 Å². The molecule has 0 aliphatic carbocycles. The van der Waals surface area contributed by atoms with E-state index in [0.717, 1.165) is 16.7 Å². The van der Waals surface area contributed by atoms with Crippen molar-refractivity contribution in [2.45, 2.75) is 31.6 Å². The third-order valence-corrected chi connectivity index (χ3v) is 7.09. The van der Waals surface area contributed by atoms with Gasteiger partial charge in [0.2, 0.25) is 7.37 Å². The molecular formula is C21H27N2O5P. The lowest BCUT2D eigenvalue weighted by Gasteiger charge is -2.22. The highest BCUT2D eigenvalue weighted by Crippen LogP contribution is 2.46. The Bertz CT molecular complexity index is 884. The van der Waals surface area contributed by atoms with Crippen molar-refractivity contribution in [3.05, 3.63) is 60.2 Å². The normalized spacial score (nSPS) is 16.4. The van der Waals surface area contributed by atoms with Crippen molar-refractivity contribution in [1.29, 1.82) is 0 Å². The average molecular weight is 418 g/mol. The standard InChI is InChI=1S/C21H27N2O5P/c1-14(22)29(27,28)13-18(20(24)12-19(23)21(25)26)11-15-7-9-17(10-8-15)16-5-3-2-4-6-16/h2-10,14,18-19H,11-13,22-23H2,1H3,(H,25,26)(H,27,28)/t14-,18-,19+/m1/s1. The number of carbonyl (C=O) groups excluding carboxylic acids is 1. The number of rotatable bonds is 10. The molecule has 2 aromatic rings. The molecule has 0 aliphatic rings. The Morgan fingerprint density at radius 3 is 2.07 bits per heavy atom. The second kappa shape index (κ2) is 9.94. The van der Waals surface area contributed by atoms with Crippen molar-refractivity contribution in [3.8, 4) is 11.1 Å². The number of hydrogen-bond acceptors (Lipinski definition) is 5. The lowest BCUT2D eigenvalue weighted by Crippen LogP contribution is -2.36. The molecule has 0 bridgehead atoms. The van der Waals surface area contributed by atoms with Crippen LogP contribution in [0.4, 0.5) is 0 Å². The monoisotopic (exact) mass is 418 g/mol. The van der Waals surface area contributed by atoms with Gasteiger partial charge in [-0.15, -0.1) is 0 Å². The molecule has 0 radical (unpaired) electrons. The van der Waals surface area contributed by atoms with E-state index in [1.54, 1.807) is 0 Å². The number of nitrogens with two attached hydrogens (primary N) is 2. The van der Waals surface area contributed by atoms with Gasteiger partial charge in [0.05, 0.1) is 5.78 Å². The second-order valence-corrected chi connectivity index (χ2v) is 9.95. The molecule has 4 atom stereocenters. The van der Waals surface area contributed by atoms with Crippen LogP contribution in [-0.2, 0) is 20.6 Å². The van der Waals surface area contributed by atoms with Gasteiger partial charge in [0.1, 0.15) is 11.8 Å². The zero-order valence-electron chi connectivity index (χ0n) is 16.3. The minimum Gasteiger partial charge on any atom is -0.480 e. The summed E-state index contributed by atoms with van der Waals surface area (Å²) in [5, 5.41) is 8.96. The van der Waals surface area contributed by atoms with Gasteiger partial charge in [-0.05, 0) is 30.0 Å². The van der Waals surface area contributed by atoms with Crippen LogP contribution in [0, 0.1) is 5.92 Å². The van der Waals surface area contributed by atoms with Gasteiger partial charge in [-0.25, -0.2) is 0 Å². The quantitative estimate of drug-likeness (QED) is 0.434. The Hall–Kier alpha value is -2.31. The minimum absolute atomic E-state index is 0.206. The number of hydrogen-bond donors (Lipinski definition) is 4. The molecule has 2 rings (SSSR count). The fourth-order valence-electron chi connectivity index (χ4n) is 2.98. The van der Waals surface area contributed by atoms with Crippen LogP contribution in [0.2, 0.25) is 0 Å². The van der Waals surface area contributed by atoms with Gasteiger partial charge >= 0.3 is 5.97 Å². The fraction of sp³-hybridized carbons (Fsp3) is 0.333. The average Bonchev–Trinajstić information content (AvgIpc) is 2.68. The Morgan fingerprint density at radius 1 is 1.00 bits per heavy atom. The van der Waals surface area contributed by atoms with Gasteiger partial charge in [0.15, 0.2) is 0 Å². The number of carboxylic acids is 1. The summed E-state index contributed by atoms with van der Waals surface area (Å²) in [6.45, 7) is 1.42. The van der Waals surface area contributed by atoms with E-state index in [-0.39, 0.29) is 12.6 Å². The molecule has 6 N–H and O–H groups in total. The molecule has 0 aromatic heterocycles. The predicted molar refractivity (Wildman–Crippen MR) is 113 cm³/mol. The smallest absolute Gasteiger partial charge is 0.320 e. The summed E-state index contributed by atoms with van der Waals surface area (Å²) in [5.74, 6) is -3.57. The third kappa shape index (κ3) is 6.61. The lowest BCUT2D eigenvalue weighted by molar-refractivity contribution is -0.140. The van der Waals surface area contributed by atoms with Crippen molar-refractivity contribution in [2.24, 2.45) is 17.4 Å². The summed E-state index contributed by atoms with van der Waals surface area (Å²) in [5.41, 5.74) is 13.9. The molecule has 0 saturated heterocycles. The first-order valence-electron chi connectivity index (χ1n) is 9.32. The molecule has 0 amide bonds. The van der Waals surface area contributed by atoms with Crippen LogP contribution >= 0.6 is 7.37 Å². The van der Waals surface area contributed by atoms with Crippen molar-refractivity contribution < 1.29 is 24.2 Å². The Morgan fingerprint density at radius 2 is 1.55 bits per heavy atom. The van der Waals surface area contributed by atoms with Gasteiger partial charge in [-0.1, -0.05) is 54.6 Å². The van der Waals surface area contributed by atoms with Crippen molar-refractivity contribution in [3.63, 3.8) is 0 Å². The van der Waals surface area contributed by atoms with Crippen molar-refractivity contribution in [1.82, 2.24) is 0 Å². The highest BCUT2D eigenvalue weighted by molar-refractivity contribution is 7.58. The first kappa shape index (κ1) is 23.0. The molecule has 156 valence electrons. The summed E-state index contributed by atoms with van der Waals surface area (Å²) in [6, 6.07) is 16.0. The molecule has 1 unspecified atom stereocenters. The zero-order chi connectivity index (χ0) is 21.6. The van der Waals surface area contributed by atoms with E-state index >= 15 is 0 Å². The van der Waals surface area contributed by atoms with E-state index in [0.29, 0.717) is 0 Å². The molecule has 7 nitrogen and oxygen atoms in total. The third-order valence-electron chi connectivity index (χ3n) is 4.86. The lowest BCUT2D eigenvalue weighted by atomic mass is 9.92. The van der Waals surface area contributed by atoms with E-state index in [1.165, 1.54) is 6.92 Å². The summed E-state index contributed by atoms with van der Waals surface area (Å²) in [7, 11) is -3.77. The summed E-state index contributed by atoms with van der Waals surface area (Å²) in [6.07, 6.45) is -0.505.